The Balaban J connectivity index is 0.00000264. The maximum absolute atomic E-state index is 12.3. The van der Waals surface area contributed by atoms with Crippen LogP contribution >= 0.6 is 12.4 Å². The van der Waals surface area contributed by atoms with Crippen LogP contribution in [-0.2, 0) is 4.74 Å². The Kier molecular flexibility index (Phi) is 9.67. The predicted octanol–water partition coefficient (Wildman–Crippen LogP) is 2.25. The maximum Gasteiger partial charge on any atom is 0.255 e. The van der Waals surface area contributed by atoms with Gasteiger partial charge in [-0.25, -0.2) is 0 Å². The van der Waals surface area contributed by atoms with E-state index in [2.05, 4.69) is 10.6 Å². The molecule has 0 bridgehead atoms. The van der Waals surface area contributed by atoms with Gasteiger partial charge in [0.15, 0.2) is 0 Å². The van der Waals surface area contributed by atoms with Gasteiger partial charge in [-0.05, 0) is 50.9 Å². The summed E-state index contributed by atoms with van der Waals surface area (Å²) in [7, 11) is 0. The van der Waals surface area contributed by atoms with Crippen LogP contribution < -0.4 is 15.4 Å². The first-order valence-electron chi connectivity index (χ1n) is 8.09. The van der Waals surface area contributed by atoms with Crippen molar-refractivity contribution >= 4 is 18.3 Å². The summed E-state index contributed by atoms with van der Waals surface area (Å²) >= 11 is 0. The van der Waals surface area contributed by atoms with Crippen LogP contribution in [0.25, 0.3) is 0 Å². The van der Waals surface area contributed by atoms with Crippen LogP contribution in [0, 0.1) is 5.92 Å². The number of amides is 1. The normalized spacial score (nSPS) is 16.7. The van der Waals surface area contributed by atoms with Crippen LogP contribution in [0.4, 0.5) is 0 Å². The van der Waals surface area contributed by atoms with Gasteiger partial charge >= 0.3 is 0 Å². The molecule has 1 unspecified atom stereocenters. The van der Waals surface area contributed by atoms with Gasteiger partial charge in [-0.2, -0.15) is 0 Å². The smallest absolute Gasteiger partial charge is 0.255 e. The van der Waals surface area contributed by atoms with Gasteiger partial charge in [0.2, 0.25) is 0 Å². The lowest BCUT2D eigenvalue weighted by atomic mass is 10.1. The summed E-state index contributed by atoms with van der Waals surface area (Å²) in [6.07, 6.45) is 2.22. The SMILES string of the molecule is CCOCCOc1ccccc1C(=O)NCCC1CCNC1.Cl. The molecule has 6 heteroatoms. The molecule has 1 atom stereocenters. The first-order chi connectivity index (χ1) is 10.8. The molecule has 1 fully saturated rings. The van der Waals surface area contributed by atoms with Crippen molar-refractivity contribution in [2.24, 2.45) is 5.92 Å². The van der Waals surface area contributed by atoms with Gasteiger partial charge in [0.25, 0.3) is 5.91 Å². The summed E-state index contributed by atoms with van der Waals surface area (Å²) in [5, 5.41) is 6.33. The number of hydrogen-bond donors (Lipinski definition) is 2. The molecule has 1 aromatic rings. The Morgan fingerprint density at radius 3 is 2.91 bits per heavy atom. The fourth-order valence-electron chi connectivity index (χ4n) is 2.58. The molecular formula is C17H27ClN2O3. The number of nitrogens with one attached hydrogen (secondary N) is 2. The summed E-state index contributed by atoms with van der Waals surface area (Å²) in [5.74, 6) is 1.22. The first kappa shape index (κ1) is 19.7. The van der Waals surface area contributed by atoms with Gasteiger partial charge in [0.1, 0.15) is 12.4 Å². The molecule has 0 aliphatic carbocycles. The molecule has 23 heavy (non-hydrogen) atoms. The van der Waals surface area contributed by atoms with Crippen LogP contribution in [0.2, 0.25) is 0 Å². The highest BCUT2D eigenvalue weighted by molar-refractivity contribution is 5.96. The minimum absolute atomic E-state index is 0. The van der Waals surface area contributed by atoms with Gasteiger partial charge in [0, 0.05) is 13.2 Å². The lowest BCUT2D eigenvalue weighted by Crippen LogP contribution is -2.27. The fraction of sp³-hybridized carbons (Fsp3) is 0.588. The Bertz CT molecular complexity index is 465. The van der Waals surface area contributed by atoms with Crippen molar-refractivity contribution in [3.05, 3.63) is 29.8 Å². The number of hydrogen-bond acceptors (Lipinski definition) is 4. The second-order valence-electron chi connectivity index (χ2n) is 5.44. The van der Waals surface area contributed by atoms with Crippen LogP contribution in [0.15, 0.2) is 24.3 Å². The predicted molar refractivity (Wildman–Crippen MR) is 93.6 cm³/mol. The molecule has 1 aromatic carbocycles. The van der Waals surface area contributed by atoms with Gasteiger partial charge in [-0.1, -0.05) is 12.1 Å². The number of carbonyl (C=O) groups is 1. The van der Waals surface area contributed by atoms with Crippen LogP contribution in [0.3, 0.4) is 0 Å². The van der Waals surface area contributed by atoms with Crippen molar-refractivity contribution in [1.29, 1.82) is 0 Å². The molecule has 0 radical (unpaired) electrons. The monoisotopic (exact) mass is 342 g/mol. The van der Waals surface area contributed by atoms with Gasteiger partial charge < -0.3 is 20.1 Å². The lowest BCUT2D eigenvalue weighted by molar-refractivity contribution is 0.0934. The molecule has 1 amide bonds. The van der Waals surface area contributed by atoms with E-state index in [1.807, 2.05) is 25.1 Å². The summed E-state index contributed by atoms with van der Waals surface area (Å²) in [6.45, 7) is 6.45. The topological polar surface area (TPSA) is 59.6 Å². The van der Waals surface area contributed by atoms with Gasteiger partial charge in [-0.3, -0.25) is 4.79 Å². The Morgan fingerprint density at radius 1 is 1.35 bits per heavy atom. The lowest BCUT2D eigenvalue weighted by Gasteiger charge is -2.13. The standard InChI is InChI=1S/C17H26N2O3.ClH/c1-2-21-11-12-22-16-6-4-3-5-15(16)17(20)19-10-8-14-7-9-18-13-14;/h3-6,14,18H,2,7-13H2,1H3,(H,19,20);1H. The zero-order valence-electron chi connectivity index (χ0n) is 13.7. The highest BCUT2D eigenvalue weighted by Gasteiger charge is 2.15. The molecule has 1 heterocycles. The highest BCUT2D eigenvalue weighted by Crippen LogP contribution is 2.18. The van der Waals surface area contributed by atoms with E-state index >= 15 is 0 Å². The van der Waals surface area contributed by atoms with Crippen molar-refractivity contribution < 1.29 is 14.3 Å². The fourth-order valence-corrected chi connectivity index (χ4v) is 2.58. The average molecular weight is 343 g/mol. The summed E-state index contributed by atoms with van der Waals surface area (Å²) < 4.78 is 10.9. The van der Waals surface area contributed by atoms with E-state index in [1.54, 1.807) is 6.07 Å². The Hall–Kier alpha value is -1.30. The van der Waals surface area contributed by atoms with Gasteiger partial charge in [0.05, 0.1) is 12.2 Å². The van der Waals surface area contributed by atoms with E-state index < -0.39 is 0 Å². The van der Waals surface area contributed by atoms with E-state index in [4.69, 9.17) is 9.47 Å². The number of rotatable bonds is 9. The number of halogens is 1. The zero-order chi connectivity index (χ0) is 15.6. The van der Waals surface area contributed by atoms with Crippen LogP contribution in [0.1, 0.15) is 30.1 Å². The molecule has 2 rings (SSSR count). The molecule has 1 aliphatic heterocycles. The minimum atomic E-state index is -0.0713. The zero-order valence-corrected chi connectivity index (χ0v) is 14.5. The highest BCUT2D eigenvalue weighted by atomic mass is 35.5. The van der Waals surface area contributed by atoms with E-state index in [0.717, 1.165) is 19.5 Å². The summed E-state index contributed by atoms with van der Waals surface area (Å²) in [4.78, 5) is 12.3. The van der Waals surface area contributed by atoms with Gasteiger partial charge in [-0.15, -0.1) is 12.4 Å². The summed E-state index contributed by atoms with van der Waals surface area (Å²) in [6, 6.07) is 7.34. The van der Waals surface area contributed by atoms with Crippen LogP contribution in [-0.4, -0.2) is 45.4 Å². The van der Waals surface area contributed by atoms with Crippen molar-refractivity contribution in [3.8, 4) is 5.75 Å². The minimum Gasteiger partial charge on any atom is -0.490 e. The molecule has 0 aromatic heterocycles. The van der Waals surface area contributed by atoms with E-state index in [-0.39, 0.29) is 18.3 Å². The first-order valence-corrected chi connectivity index (χ1v) is 8.09. The quantitative estimate of drug-likeness (QED) is 0.676. The summed E-state index contributed by atoms with van der Waals surface area (Å²) in [5.41, 5.74) is 0.587. The van der Waals surface area contributed by atoms with E-state index in [0.29, 0.717) is 43.6 Å². The van der Waals surface area contributed by atoms with Crippen molar-refractivity contribution in [3.63, 3.8) is 0 Å². The van der Waals surface area contributed by atoms with Crippen LogP contribution in [0.5, 0.6) is 5.75 Å². The Morgan fingerprint density at radius 2 is 2.17 bits per heavy atom. The molecule has 2 N–H and O–H groups in total. The second-order valence-corrected chi connectivity index (χ2v) is 5.44. The molecule has 1 aliphatic rings. The second kappa shape index (κ2) is 11.3. The number of ether oxygens (including phenoxy) is 2. The third-order valence-corrected chi connectivity index (χ3v) is 3.82. The molecule has 130 valence electrons. The molecule has 1 saturated heterocycles. The van der Waals surface area contributed by atoms with Crippen molar-refractivity contribution in [2.45, 2.75) is 19.8 Å². The molecule has 0 saturated carbocycles. The molecule has 0 spiro atoms. The van der Waals surface area contributed by atoms with Crippen molar-refractivity contribution in [1.82, 2.24) is 10.6 Å². The van der Waals surface area contributed by atoms with E-state index in [1.165, 1.54) is 6.42 Å². The molecule has 5 nitrogen and oxygen atoms in total. The largest absolute Gasteiger partial charge is 0.490 e. The van der Waals surface area contributed by atoms with Crippen molar-refractivity contribution in [2.75, 3.05) is 39.5 Å². The Labute approximate surface area is 144 Å². The maximum atomic E-state index is 12.3. The number of carbonyl (C=O) groups excluding carboxylic acids is 1. The third-order valence-electron chi connectivity index (χ3n) is 3.82. The number of para-hydroxylation sites is 1. The number of benzene rings is 1. The van der Waals surface area contributed by atoms with E-state index in [9.17, 15) is 4.79 Å². The average Bonchev–Trinajstić information content (AvgIpc) is 3.05. The third kappa shape index (κ3) is 6.77. The molecular weight excluding hydrogens is 316 g/mol.